The first kappa shape index (κ1) is 21.1. The molecule has 160 valence electrons. The maximum Gasteiger partial charge on any atom is 0.270 e. The molecule has 1 aliphatic heterocycles. The third kappa shape index (κ3) is 4.46. The van der Waals surface area contributed by atoms with Crippen molar-refractivity contribution >= 4 is 45.6 Å². The highest BCUT2D eigenvalue weighted by Crippen LogP contribution is 2.29. The van der Waals surface area contributed by atoms with Crippen molar-refractivity contribution in [3.8, 4) is 0 Å². The average Bonchev–Trinajstić information content (AvgIpc) is 2.74. The van der Waals surface area contributed by atoms with Gasteiger partial charge in [-0.2, -0.15) is 0 Å². The zero-order valence-corrected chi connectivity index (χ0v) is 18.1. The number of halogens is 1. The van der Waals surface area contributed by atoms with E-state index in [2.05, 4.69) is 23.2 Å². The van der Waals surface area contributed by atoms with E-state index in [1.165, 1.54) is 31.0 Å². The molecule has 0 atom stereocenters. The minimum Gasteiger partial charge on any atom is -0.357 e. The quantitative estimate of drug-likeness (QED) is 0.423. The molecule has 2 heterocycles. The van der Waals surface area contributed by atoms with E-state index in [0.717, 1.165) is 41.3 Å². The fourth-order valence-corrected chi connectivity index (χ4v) is 4.11. The molecule has 7 nitrogen and oxygen atoms in total. The van der Waals surface area contributed by atoms with Crippen LogP contribution >= 0.6 is 11.6 Å². The lowest BCUT2D eigenvalue weighted by Crippen LogP contribution is -2.33. The van der Waals surface area contributed by atoms with E-state index in [0.29, 0.717) is 5.69 Å². The molecule has 1 aromatic heterocycles. The predicted molar refractivity (Wildman–Crippen MR) is 123 cm³/mol. The number of aryl methyl sites for hydroxylation is 1. The Labute approximate surface area is 185 Å². The first-order chi connectivity index (χ1) is 14.8. The summed E-state index contributed by atoms with van der Waals surface area (Å²) in [7, 11) is 0. The van der Waals surface area contributed by atoms with Crippen molar-refractivity contribution in [2.24, 2.45) is 5.92 Å². The summed E-state index contributed by atoms with van der Waals surface area (Å²) >= 11 is 6.08. The number of rotatable bonds is 4. The normalized spacial score (nSPS) is 14.6. The van der Waals surface area contributed by atoms with E-state index in [9.17, 15) is 14.9 Å². The molecule has 2 aromatic carbocycles. The molecule has 4 rings (SSSR count). The van der Waals surface area contributed by atoms with Gasteiger partial charge in [0.1, 0.15) is 5.82 Å². The summed E-state index contributed by atoms with van der Waals surface area (Å²) < 4.78 is 0. The number of hydrogen-bond acceptors (Lipinski definition) is 5. The van der Waals surface area contributed by atoms with E-state index >= 15 is 0 Å². The lowest BCUT2D eigenvalue weighted by Gasteiger charge is -2.31. The Morgan fingerprint density at radius 2 is 1.94 bits per heavy atom. The number of hydrogen-bond donors (Lipinski definition) is 1. The van der Waals surface area contributed by atoms with E-state index in [4.69, 9.17) is 16.6 Å². The highest BCUT2D eigenvalue weighted by atomic mass is 35.5. The lowest BCUT2D eigenvalue weighted by atomic mass is 9.99. The maximum absolute atomic E-state index is 12.6. The Balaban J connectivity index is 1.57. The van der Waals surface area contributed by atoms with Crippen LogP contribution in [0.4, 0.5) is 17.2 Å². The summed E-state index contributed by atoms with van der Waals surface area (Å²) in [5, 5.41) is 14.7. The molecule has 0 unspecified atom stereocenters. The minimum absolute atomic E-state index is 0.0332. The average molecular weight is 439 g/mol. The van der Waals surface area contributed by atoms with Crippen LogP contribution in [0.2, 0.25) is 5.02 Å². The highest BCUT2D eigenvalue weighted by molar-refractivity contribution is 6.34. The number of non-ortho nitro benzene ring substituents is 1. The number of nitro benzene ring substituents is 1. The molecule has 0 aliphatic carbocycles. The van der Waals surface area contributed by atoms with Crippen LogP contribution in [-0.2, 0) is 0 Å². The van der Waals surface area contributed by atoms with Gasteiger partial charge in [-0.15, -0.1) is 0 Å². The second-order valence-corrected chi connectivity index (χ2v) is 8.48. The van der Waals surface area contributed by atoms with E-state index < -0.39 is 10.8 Å². The number of anilines is 2. The second-order valence-electron chi connectivity index (χ2n) is 8.07. The van der Waals surface area contributed by atoms with Gasteiger partial charge < -0.3 is 10.2 Å². The Hall–Kier alpha value is -3.19. The second kappa shape index (κ2) is 8.51. The number of amides is 1. The van der Waals surface area contributed by atoms with E-state index in [-0.39, 0.29) is 16.3 Å². The van der Waals surface area contributed by atoms with Crippen LogP contribution in [0.25, 0.3) is 10.9 Å². The summed E-state index contributed by atoms with van der Waals surface area (Å²) in [6.07, 6.45) is 2.35. The number of nitrogens with one attached hydrogen (secondary N) is 1. The topological polar surface area (TPSA) is 88.4 Å². The third-order valence-corrected chi connectivity index (χ3v) is 6.09. The zero-order chi connectivity index (χ0) is 22.1. The Morgan fingerprint density at radius 3 is 2.61 bits per heavy atom. The van der Waals surface area contributed by atoms with Gasteiger partial charge in [0.25, 0.3) is 11.6 Å². The van der Waals surface area contributed by atoms with Gasteiger partial charge in [-0.1, -0.05) is 18.5 Å². The van der Waals surface area contributed by atoms with Crippen LogP contribution < -0.4 is 10.2 Å². The number of aromatic nitrogens is 1. The number of fused-ring (bicyclic) bond motifs is 1. The van der Waals surface area contributed by atoms with E-state index in [1.807, 2.05) is 19.1 Å². The zero-order valence-electron chi connectivity index (χ0n) is 17.4. The van der Waals surface area contributed by atoms with E-state index in [1.54, 1.807) is 6.07 Å². The molecule has 8 heteroatoms. The number of pyridine rings is 1. The van der Waals surface area contributed by atoms with Crippen molar-refractivity contribution in [2.75, 3.05) is 23.3 Å². The molecule has 3 aromatic rings. The molecule has 1 N–H and O–H groups in total. The van der Waals surface area contributed by atoms with Crippen LogP contribution in [-0.4, -0.2) is 28.9 Å². The first-order valence-electron chi connectivity index (χ1n) is 10.2. The van der Waals surface area contributed by atoms with Crippen LogP contribution in [0.5, 0.6) is 0 Å². The lowest BCUT2D eigenvalue weighted by molar-refractivity contribution is -0.384. The number of nitrogens with zero attached hydrogens (tertiary/aromatic N) is 3. The van der Waals surface area contributed by atoms with Crippen molar-refractivity contribution in [1.82, 2.24) is 4.98 Å². The molecule has 1 fully saturated rings. The fourth-order valence-electron chi connectivity index (χ4n) is 3.85. The molecular formula is C23H23ClN4O3. The highest BCUT2D eigenvalue weighted by Gasteiger charge is 2.19. The van der Waals surface area contributed by atoms with Crippen LogP contribution in [0, 0.1) is 23.0 Å². The Bertz CT molecular complexity index is 1170. The summed E-state index contributed by atoms with van der Waals surface area (Å²) in [6.45, 7) is 6.36. The number of nitro groups is 1. The van der Waals surface area contributed by atoms with Crippen LogP contribution in [0.15, 0.2) is 42.5 Å². The molecule has 0 radical (unpaired) electrons. The van der Waals surface area contributed by atoms with Crippen molar-refractivity contribution in [3.05, 3.63) is 68.7 Å². The number of carbonyl (C=O) groups excluding carboxylic acids is 1. The van der Waals surface area contributed by atoms with Gasteiger partial charge in [0.2, 0.25) is 0 Å². The van der Waals surface area contributed by atoms with Gasteiger partial charge in [0.05, 0.1) is 21.0 Å². The molecule has 1 amide bonds. The molecule has 31 heavy (non-hydrogen) atoms. The van der Waals surface area contributed by atoms with Crippen molar-refractivity contribution in [1.29, 1.82) is 0 Å². The predicted octanol–water partition coefficient (Wildman–Crippen LogP) is 5.59. The molecular weight excluding hydrogens is 416 g/mol. The SMILES string of the molecule is Cc1cc(N2CCC(C)CC2)nc2ccc(NC(=O)c3ccc([N+](=O)[O-])cc3Cl)cc12. The molecule has 0 spiro atoms. The van der Waals surface area contributed by atoms with Crippen molar-refractivity contribution < 1.29 is 9.72 Å². The van der Waals surface area contributed by atoms with Crippen molar-refractivity contribution in [3.63, 3.8) is 0 Å². The fraction of sp³-hybridized carbons (Fsp3) is 0.304. The monoisotopic (exact) mass is 438 g/mol. The van der Waals surface area contributed by atoms with Gasteiger partial charge in [-0.3, -0.25) is 14.9 Å². The summed E-state index contributed by atoms with van der Waals surface area (Å²) in [4.78, 5) is 30.1. The molecule has 0 bridgehead atoms. The summed E-state index contributed by atoms with van der Waals surface area (Å²) in [6, 6.07) is 11.5. The van der Waals surface area contributed by atoms with Gasteiger partial charge in [-0.05, 0) is 61.6 Å². The van der Waals surface area contributed by atoms with Crippen LogP contribution in [0.1, 0.15) is 35.7 Å². The molecule has 1 aliphatic rings. The minimum atomic E-state index is -0.550. The smallest absolute Gasteiger partial charge is 0.270 e. The summed E-state index contributed by atoms with van der Waals surface area (Å²) in [5.41, 5.74) is 2.59. The van der Waals surface area contributed by atoms with Gasteiger partial charge in [0, 0.05) is 36.3 Å². The van der Waals surface area contributed by atoms with Crippen molar-refractivity contribution in [2.45, 2.75) is 26.7 Å². The van der Waals surface area contributed by atoms with Gasteiger partial charge >= 0.3 is 0 Å². The van der Waals surface area contributed by atoms with Crippen LogP contribution in [0.3, 0.4) is 0 Å². The number of benzene rings is 2. The Morgan fingerprint density at radius 1 is 1.19 bits per heavy atom. The van der Waals surface area contributed by atoms with Gasteiger partial charge in [0.15, 0.2) is 0 Å². The summed E-state index contributed by atoms with van der Waals surface area (Å²) in [5.74, 6) is 1.32. The largest absolute Gasteiger partial charge is 0.357 e. The molecule has 1 saturated heterocycles. The number of carbonyl (C=O) groups is 1. The van der Waals surface area contributed by atoms with Gasteiger partial charge in [-0.25, -0.2) is 4.98 Å². The Kier molecular flexibility index (Phi) is 5.78. The molecule has 0 saturated carbocycles. The number of piperidine rings is 1. The maximum atomic E-state index is 12.6. The standard InChI is InChI=1S/C23H23ClN4O3/c1-14-7-9-27(10-8-14)22-11-15(2)19-12-16(3-6-21(19)26-22)25-23(29)18-5-4-17(28(30)31)13-20(18)24/h3-6,11-14H,7-10H2,1-2H3,(H,25,29). The first-order valence-corrected chi connectivity index (χ1v) is 10.6. The third-order valence-electron chi connectivity index (χ3n) is 5.78.